The molecule has 4 aliphatic heterocycles. The highest BCUT2D eigenvalue weighted by Crippen LogP contribution is 2.41. The molecule has 15 atom stereocenters. The highest BCUT2D eigenvalue weighted by molar-refractivity contribution is 6.39. The molecule has 1 aromatic carbocycles. The van der Waals surface area contributed by atoms with Crippen LogP contribution >= 0.6 is 0 Å². The number of anilines is 4. The zero-order valence-electron chi connectivity index (χ0n) is 78.5. The standard InChI is InChI=1S/C95H131N19O20/c1-58-18-12-11-13-19-59(2)77(125-8)49-71-26-21-64(7)95(124,134-71)85(119)89(121)112-32-16-14-20-74(112)90(122)132-78(50-75(116)60(3)45-63(6)83(118)84(127-10)82(117)62(5)44-58)61(4)46-65-23-27-73(79(47-65)126-9)114-55-69(107-109-114)56-131-94(123)99-31-39-129-41-43-130-42-40-128-38-29-70(115)25-22-66-51-100-92(101-52-66)110-34-36-111(37-35-110)93-102-53-68(54-103-93)88(120)98-30-15-17-33-113-87-80(86(96)104-57-105-87)81(108-113)67-24-28-76-72(48-67)106-91(97)133-76/h11-13,18-19,24,28,45,48,51-55,57-58,60-62,64-65,71,73-74,77-79,83-84,118,124H,14-17,20-23,25-27,29-44,46-47,49-50,56H2,1-10H3,(H2,97,106)(H,98,120)(H,99,123)(H2,96,104,105)/b13-11+,18-12+,59-19+,63-45+/t58-,60-,61-,62-,64-,65+,71+,73+,74+,77+,78+,79-,83-,84+,95-/m1/s1. The number of aryl methyl sites for hydroxylation is 2. The van der Waals surface area contributed by atoms with Crippen LogP contribution < -0.4 is 31.9 Å². The molecule has 3 amide bonds. The number of ketones is 4. The molecule has 3 saturated heterocycles. The van der Waals surface area contributed by atoms with E-state index in [2.05, 4.69) is 65.6 Å². The van der Waals surface area contributed by atoms with Crippen LogP contribution in [0.2, 0.25) is 0 Å². The number of carbonyl (C=O) groups excluding carboxylic acids is 8. The van der Waals surface area contributed by atoms with Crippen molar-refractivity contribution in [1.29, 1.82) is 0 Å². The number of benzene rings is 1. The lowest BCUT2D eigenvalue weighted by Crippen LogP contribution is -2.61. The maximum atomic E-state index is 14.8. The average molecular weight is 1860 g/mol. The summed E-state index contributed by atoms with van der Waals surface area (Å²) in [6.07, 6.45) is 22.4. The van der Waals surface area contributed by atoms with Crippen LogP contribution in [0.3, 0.4) is 0 Å². The minimum absolute atomic E-state index is 0.0135. The first-order valence-corrected chi connectivity index (χ1v) is 46.7. The van der Waals surface area contributed by atoms with Crippen LogP contribution in [0.5, 0.6) is 0 Å². The van der Waals surface area contributed by atoms with Crippen molar-refractivity contribution in [2.75, 3.05) is 128 Å². The number of nitrogens with zero attached hydrogens (tertiary/aromatic N) is 15. The number of nitrogens with two attached hydrogens (primary N) is 2. The van der Waals surface area contributed by atoms with E-state index in [0.29, 0.717) is 198 Å². The number of nitrogens with one attached hydrogen (secondary N) is 2. The first kappa shape index (κ1) is 102. The van der Waals surface area contributed by atoms with E-state index >= 15 is 0 Å². The molecule has 1 saturated carbocycles. The molecule has 10 heterocycles. The SMILES string of the molecule is CO[C@H]1C[C@@H]2CC[C@@H](C)[C@@](O)(O2)C(=O)C(=O)N2CCCC[C@H]2C(=O)O[C@H]([C@H](C)C[C@@H]2CC[C@H](n3cc(COC(=O)NCCOCCOCCOCCC(=O)CCc4cnc(N5CCN(c6ncc(C(=O)NCCCCn7nc(-c8ccc9oc(N)nc9c8)c8c(N)ncnc87)cn6)CC5)nc4)nn3)[C@H](OC)C2)CC(=O)[C@H](C)/C=C(\C)[C@@H](O)[C@@H](OC)C(=O)[C@H](C)C[C@H](C)/C=C/C=C/C=C/1C. The van der Waals surface area contributed by atoms with Crippen molar-refractivity contribution in [1.82, 2.24) is 75.2 Å². The summed E-state index contributed by atoms with van der Waals surface area (Å²) in [6, 6.07) is 4.09. The third-order valence-corrected chi connectivity index (χ3v) is 26.0. The molecule has 39 heteroatoms. The Morgan fingerprint density at radius 2 is 1.47 bits per heavy atom. The number of esters is 1. The molecule has 39 nitrogen and oxygen atoms in total. The Balaban J connectivity index is 0.515. The second kappa shape index (κ2) is 49.3. The fourth-order valence-electron chi connectivity index (χ4n) is 18.0. The molecule has 0 unspecified atom stereocenters. The van der Waals surface area contributed by atoms with E-state index in [4.69, 9.17) is 63.6 Å². The monoisotopic (exact) mass is 1860 g/mol. The minimum atomic E-state index is -2.49. The maximum absolute atomic E-state index is 14.8. The number of piperidine rings is 1. The number of hydrogen-bond donors (Lipinski definition) is 6. The lowest BCUT2D eigenvalue weighted by molar-refractivity contribution is -0.265. The van der Waals surface area contributed by atoms with E-state index in [1.54, 1.807) is 82.0 Å². The molecule has 12 rings (SSSR count). The lowest BCUT2D eigenvalue weighted by Gasteiger charge is -2.42. The van der Waals surface area contributed by atoms with Gasteiger partial charge < -0.3 is 94.1 Å². The number of cyclic esters (lactones) is 1. The predicted molar refractivity (Wildman–Crippen MR) is 494 cm³/mol. The van der Waals surface area contributed by atoms with Crippen molar-refractivity contribution in [2.24, 2.45) is 35.5 Å². The highest BCUT2D eigenvalue weighted by Gasteiger charge is 2.53. The van der Waals surface area contributed by atoms with E-state index in [9.17, 15) is 48.6 Å². The van der Waals surface area contributed by atoms with Gasteiger partial charge in [-0.3, -0.25) is 28.8 Å². The average Bonchev–Trinajstić information content (AvgIpc) is 1.39. The number of alkyl carbamates (subject to hydrolysis) is 1. The first-order valence-electron chi connectivity index (χ1n) is 46.7. The molecule has 6 aromatic heterocycles. The van der Waals surface area contributed by atoms with E-state index in [1.165, 1.54) is 30.7 Å². The Bertz CT molecular complexity index is 5230. The number of aromatic nitrogens is 12. The lowest BCUT2D eigenvalue weighted by atomic mass is 9.77. The zero-order chi connectivity index (χ0) is 95.5. The maximum Gasteiger partial charge on any atom is 0.407 e. The molecule has 8 N–H and O–H groups in total. The summed E-state index contributed by atoms with van der Waals surface area (Å²) in [5, 5.41) is 43.7. The van der Waals surface area contributed by atoms with Crippen LogP contribution in [0, 0.1) is 35.5 Å². The molecule has 134 heavy (non-hydrogen) atoms. The fourth-order valence-corrected chi connectivity index (χ4v) is 18.0. The van der Waals surface area contributed by atoms with Gasteiger partial charge in [0.05, 0.1) is 81.1 Å². The molecule has 7 aromatic rings. The van der Waals surface area contributed by atoms with Gasteiger partial charge in [0.15, 0.2) is 17.0 Å². The number of aliphatic hydroxyl groups excluding tert-OH is 1. The van der Waals surface area contributed by atoms with Crippen molar-refractivity contribution >= 4 is 92.9 Å². The Morgan fingerprint density at radius 3 is 2.19 bits per heavy atom. The third-order valence-electron chi connectivity index (χ3n) is 26.0. The molecule has 2 bridgehead atoms. The molecule has 726 valence electrons. The molecular formula is C95H131N19O20. The number of piperazine rings is 1. The highest BCUT2D eigenvalue weighted by atomic mass is 16.6. The number of ether oxygens (including phenoxy) is 9. The van der Waals surface area contributed by atoms with Gasteiger partial charge in [-0.25, -0.2) is 48.9 Å². The predicted octanol–water partition coefficient (Wildman–Crippen LogP) is 8.75. The molecule has 0 spiro atoms. The van der Waals surface area contributed by atoms with Crippen LogP contribution in [0.4, 0.5) is 28.5 Å². The Morgan fingerprint density at radius 1 is 0.746 bits per heavy atom. The van der Waals surface area contributed by atoms with Crippen molar-refractivity contribution in [3.05, 3.63) is 120 Å². The zero-order valence-corrected chi connectivity index (χ0v) is 78.5. The first-order chi connectivity index (χ1) is 64.6. The molecule has 0 radical (unpaired) electrons. The molecule has 5 aliphatic rings. The summed E-state index contributed by atoms with van der Waals surface area (Å²) in [7, 11) is 4.55. The number of unbranched alkanes of at least 4 members (excludes halogenated alkanes) is 1. The van der Waals surface area contributed by atoms with Gasteiger partial charge in [0.25, 0.3) is 23.6 Å². The quantitative estimate of drug-likeness (QED) is 0.00968. The van der Waals surface area contributed by atoms with E-state index in [0.717, 1.165) is 16.7 Å². The smallest absolute Gasteiger partial charge is 0.407 e. The molecule has 1 aliphatic carbocycles. The number of carbonyl (C=O) groups is 8. The number of rotatable bonds is 33. The van der Waals surface area contributed by atoms with Crippen molar-refractivity contribution in [3.63, 3.8) is 0 Å². The van der Waals surface area contributed by atoms with Crippen LogP contribution in [0.1, 0.15) is 179 Å². The van der Waals surface area contributed by atoms with Crippen LogP contribution in [-0.4, -0.2) is 277 Å². The van der Waals surface area contributed by atoms with Gasteiger partial charge in [-0.1, -0.05) is 76.3 Å². The molecular weight excluding hydrogens is 1730 g/mol. The number of aliphatic hydroxyl groups is 2. The molecule has 4 fully saturated rings. The van der Waals surface area contributed by atoms with E-state index in [-0.39, 0.29) is 125 Å². The number of fused-ring (bicyclic) bond motifs is 5. The Kier molecular flexibility index (Phi) is 37.4. The summed E-state index contributed by atoms with van der Waals surface area (Å²) in [5.74, 6) is -7.42. The number of allylic oxidation sites excluding steroid dienone is 6. The van der Waals surface area contributed by atoms with Gasteiger partial charge in [0.1, 0.15) is 71.6 Å². The second-order valence-electron chi connectivity index (χ2n) is 35.8. The largest absolute Gasteiger partial charge is 0.460 e. The van der Waals surface area contributed by atoms with Crippen LogP contribution in [0.25, 0.3) is 33.4 Å². The normalized spacial score (nSPS) is 26.3. The van der Waals surface area contributed by atoms with Crippen LogP contribution in [0.15, 0.2) is 108 Å². The fraction of sp³-hybridized carbons (Fsp3) is 0.600. The van der Waals surface area contributed by atoms with Gasteiger partial charge in [-0.05, 0) is 150 Å². The number of nitrogen functional groups attached to an aromatic ring is 2. The third kappa shape index (κ3) is 27.3. The number of Topliss-reactive ketones (excluding diaryl/α,β-unsaturated/α-hetero) is 4. The number of oxazole rings is 1. The van der Waals surface area contributed by atoms with E-state index in [1.807, 2.05) is 63.3 Å². The van der Waals surface area contributed by atoms with Gasteiger partial charge >= 0.3 is 12.1 Å². The Hall–Kier alpha value is -11.3. The van der Waals surface area contributed by atoms with Gasteiger partial charge in [-0.2, -0.15) is 10.1 Å². The summed E-state index contributed by atoms with van der Waals surface area (Å²) in [4.78, 5) is 148. The summed E-state index contributed by atoms with van der Waals surface area (Å²) in [5.41, 5.74) is 18.0. The van der Waals surface area contributed by atoms with Gasteiger partial charge in [-0.15, -0.1) is 5.10 Å². The summed E-state index contributed by atoms with van der Waals surface area (Å²) < 4.78 is 61.6. The number of amides is 3. The minimum Gasteiger partial charge on any atom is -0.460 e. The number of methoxy groups -OCH3 is 3. The van der Waals surface area contributed by atoms with Crippen LogP contribution in [-0.2, 0) is 91.0 Å². The summed E-state index contributed by atoms with van der Waals surface area (Å²) >= 11 is 0. The topological polar surface area (TPSA) is 498 Å². The van der Waals surface area contributed by atoms with Crippen molar-refractivity contribution < 1.29 is 95.6 Å². The number of hydrogen-bond acceptors (Lipinski definition) is 34. The van der Waals surface area contributed by atoms with E-state index < -0.39 is 89.8 Å². The van der Waals surface area contributed by atoms with Crippen molar-refractivity contribution in [3.8, 4) is 11.3 Å². The second-order valence-corrected chi connectivity index (χ2v) is 35.8. The Labute approximate surface area is 780 Å². The summed E-state index contributed by atoms with van der Waals surface area (Å²) in [6.45, 7) is 17.7. The van der Waals surface area contributed by atoms with Gasteiger partial charge in [0, 0.05) is 147 Å². The van der Waals surface area contributed by atoms with Crippen molar-refractivity contribution in [2.45, 2.75) is 225 Å². The van der Waals surface area contributed by atoms with Gasteiger partial charge in [0.2, 0.25) is 17.7 Å².